The fourth-order valence-electron chi connectivity index (χ4n) is 3.11. The van der Waals surface area contributed by atoms with Crippen molar-refractivity contribution in [1.29, 1.82) is 0 Å². The number of amides is 1. The Morgan fingerprint density at radius 2 is 1.86 bits per heavy atom. The van der Waals surface area contributed by atoms with E-state index in [1.54, 1.807) is 18.7 Å². The average Bonchev–Trinajstić information content (AvgIpc) is 3.15. The molecule has 154 valence electrons. The van der Waals surface area contributed by atoms with E-state index in [0.717, 1.165) is 17.7 Å². The third-order valence-corrected chi connectivity index (χ3v) is 7.02. The Morgan fingerprint density at radius 3 is 2.59 bits per heavy atom. The molecule has 1 aliphatic heterocycles. The predicted octanol–water partition coefficient (Wildman–Crippen LogP) is 2.46. The Bertz CT molecular complexity index is 1030. The van der Waals surface area contributed by atoms with E-state index >= 15 is 0 Å². The highest BCUT2D eigenvalue weighted by Crippen LogP contribution is 2.27. The summed E-state index contributed by atoms with van der Waals surface area (Å²) in [5.74, 6) is -1.05. The lowest BCUT2D eigenvalue weighted by Crippen LogP contribution is -2.33. The number of sulfonamides is 1. The zero-order chi connectivity index (χ0) is 21.2. The number of benzene rings is 2. The van der Waals surface area contributed by atoms with Crippen LogP contribution in [0.1, 0.15) is 29.8 Å². The largest absolute Gasteiger partial charge is 0.452 e. The van der Waals surface area contributed by atoms with Gasteiger partial charge in [0.25, 0.3) is 5.91 Å². The second-order valence-electron chi connectivity index (χ2n) is 7.14. The van der Waals surface area contributed by atoms with Crippen molar-refractivity contribution in [2.24, 2.45) is 0 Å². The van der Waals surface area contributed by atoms with Gasteiger partial charge in [-0.1, -0.05) is 24.3 Å². The van der Waals surface area contributed by atoms with Gasteiger partial charge in [0.2, 0.25) is 10.0 Å². The maximum Gasteiger partial charge on any atom is 0.338 e. The second-order valence-corrected chi connectivity index (χ2v) is 9.14. The van der Waals surface area contributed by atoms with Gasteiger partial charge in [-0.3, -0.25) is 4.79 Å². The van der Waals surface area contributed by atoms with Gasteiger partial charge in [-0.2, -0.15) is 4.31 Å². The lowest BCUT2D eigenvalue weighted by Gasteiger charge is -2.21. The highest BCUT2D eigenvalue weighted by molar-refractivity contribution is 7.89. The molecule has 3 rings (SSSR count). The van der Waals surface area contributed by atoms with Crippen LogP contribution in [0.25, 0.3) is 0 Å². The fraction of sp³-hybridized carbons (Fsp3) is 0.333. The summed E-state index contributed by atoms with van der Waals surface area (Å²) in [5.41, 5.74) is 2.00. The first kappa shape index (κ1) is 21.0. The van der Waals surface area contributed by atoms with E-state index in [4.69, 9.17) is 4.74 Å². The van der Waals surface area contributed by atoms with Crippen molar-refractivity contribution in [3.05, 3.63) is 59.7 Å². The quantitative estimate of drug-likeness (QED) is 0.676. The minimum atomic E-state index is -3.72. The first-order valence-corrected chi connectivity index (χ1v) is 10.8. The monoisotopic (exact) mass is 416 g/mol. The molecule has 0 aliphatic carbocycles. The number of anilines is 1. The van der Waals surface area contributed by atoms with Crippen molar-refractivity contribution in [3.8, 4) is 0 Å². The summed E-state index contributed by atoms with van der Waals surface area (Å²) in [5, 5.41) is 0. The van der Waals surface area contributed by atoms with Crippen LogP contribution in [-0.4, -0.2) is 50.8 Å². The van der Waals surface area contributed by atoms with Gasteiger partial charge in [-0.05, 0) is 50.1 Å². The van der Waals surface area contributed by atoms with Crippen LogP contribution in [0.4, 0.5) is 5.69 Å². The molecule has 0 N–H and O–H groups in total. The van der Waals surface area contributed by atoms with Gasteiger partial charge in [0.05, 0.1) is 10.5 Å². The molecule has 7 nitrogen and oxygen atoms in total. The predicted molar refractivity (Wildman–Crippen MR) is 109 cm³/mol. The number of fused-ring (bicyclic) bond motifs is 1. The Balaban J connectivity index is 1.68. The molecule has 0 atom stereocenters. The highest BCUT2D eigenvalue weighted by atomic mass is 32.2. The lowest BCUT2D eigenvalue weighted by molar-refractivity contribution is -0.121. The van der Waals surface area contributed by atoms with Gasteiger partial charge in [0.1, 0.15) is 0 Å². The standard InChI is InChI=1S/C21H24N2O5S/c1-15(2)22(3)29(26,27)18-9-6-8-17(13-18)21(25)28-14-20(24)23-12-11-16-7-4-5-10-19(16)23/h4-10,13,15H,11-12,14H2,1-3H3. The van der Waals surface area contributed by atoms with Crippen LogP contribution in [0.15, 0.2) is 53.4 Å². The molecule has 0 bridgehead atoms. The first-order valence-electron chi connectivity index (χ1n) is 9.35. The zero-order valence-electron chi connectivity index (χ0n) is 16.7. The van der Waals surface area contributed by atoms with Crippen molar-refractivity contribution in [3.63, 3.8) is 0 Å². The Labute approximate surface area is 170 Å². The number of nitrogens with zero attached hydrogens (tertiary/aromatic N) is 2. The van der Waals surface area contributed by atoms with E-state index in [1.807, 2.05) is 24.3 Å². The smallest absolute Gasteiger partial charge is 0.338 e. The van der Waals surface area contributed by atoms with Gasteiger partial charge in [0, 0.05) is 25.3 Å². The molecule has 29 heavy (non-hydrogen) atoms. The third kappa shape index (κ3) is 4.33. The molecular weight excluding hydrogens is 392 g/mol. The summed E-state index contributed by atoms with van der Waals surface area (Å²) < 4.78 is 31.6. The molecule has 2 aromatic carbocycles. The van der Waals surface area contributed by atoms with Crippen LogP contribution >= 0.6 is 0 Å². The first-order chi connectivity index (χ1) is 13.7. The van der Waals surface area contributed by atoms with Crippen molar-refractivity contribution in [1.82, 2.24) is 4.31 Å². The SMILES string of the molecule is CC(C)N(C)S(=O)(=O)c1cccc(C(=O)OCC(=O)N2CCc3ccccc32)c1. The molecule has 0 saturated carbocycles. The van der Waals surface area contributed by atoms with Crippen LogP contribution in [-0.2, 0) is 26.0 Å². The molecule has 1 amide bonds. The third-order valence-electron chi connectivity index (χ3n) is 4.99. The average molecular weight is 416 g/mol. The molecule has 0 spiro atoms. The van der Waals surface area contributed by atoms with E-state index in [0.29, 0.717) is 6.54 Å². The number of carbonyl (C=O) groups is 2. The van der Waals surface area contributed by atoms with Gasteiger partial charge in [-0.25, -0.2) is 13.2 Å². The Morgan fingerprint density at radius 1 is 1.14 bits per heavy atom. The van der Waals surface area contributed by atoms with Crippen molar-refractivity contribution < 1.29 is 22.7 Å². The summed E-state index contributed by atoms with van der Waals surface area (Å²) in [7, 11) is -2.24. The van der Waals surface area contributed by atoms with Crippen molar-refractivity contribution >= 4 is 27.6 Å². The van der Waals surface area contributed by atoms with Gasteiger partial charge >= 0.3 is 5.97 Å². The minimum absolute atomic E-state index is 0.00273. The molecule has 2 aromatic rings. The molecule has 1 aliphatic rings. The second kappa shape index (κ2) is 8.34. The number of ether oxygens (including phenoxy) is 1. The molecule has 1 heterocycles. The lowest BCUT2D eigenvalue weighted by atomic mass is 10.2. The maximum atomic E-state index is 12.6. The molecular formula is C21H24N2O5S. The van der Waals surface area contributed by atoms with E-state index in [-0.39, 0.29) is 22.4 Å². The topological polar surface area (TPSA) is 84.0 Å². The van der Waals surface area contributed by atoms with Crippen molar-refractivity contribution in [2.75, 3.05) is 25.1 Å². The van der Waals surface area contributed by atoms with Crippen molar-refractivity contribution in [2.45, 2.75) is 31.2 Å². The van der Waals surface area contributed by atoms with E-state index in [2.05, 4.69) is 0 Å². The fourth-order valence-corrected chi connectivity index (χ4v) is 4.53. The molecule has 0 aromatic heterocycles. The molecule has 0 fully saturated rings. The normalized spacial score (nSPS) is 13.6. The van der Waals surface area contributed by atoms with Crippen LogP contribution in [0, 0.1) is 0 Å². The molecule has 0 saturated heterocycles. The van der Waals surface area contributed by atoms with Crippen LogP contribution in [0.5, 0.6) is 0 Å². The number of rotatable bonds is 6. The van der Waals surface area contributed by atoms with E-state index in [9.17, 15) is 18.0 Å². The Hall–Kier alpha value is -2.71. The highest BCUT2D eigenvalue weighted by Gasteiger charge is 2.26. The van der Waals surface area contributed by atoms with Gasteiger partial charge in [-0.15, -0.1) is 0 Å². The van der Waals surface area contributed by atoms with E-state index in [1.165, 1.54) is 35.6 Å². The van der Waals surface area contributed by atoms with Crippen LogP contribution in [0.3, 0.4) is 0 Å². The molecule has 8 heteroatoms. The summed E-state index contributed by atoms with van der Waals surface area (Å²) in [6.45, 7) is 3.66. The van der Waals surface area contributed by atoms with Gasteiger partial charge < -0.3 is 9.64 Å². The van der Waals surface area contributed by atoms with Crippen LogP contribution in [0.2, 0.25) is 0 Å². The minimum Gasteiger partial charge on any atom is -0.452 e. The number of carbonyl (C=O) groups excluding carboxylic acids is 2. The summed E-state index contributed by atoms with van der Waals surface area (Å²) in [6, 6.07) is 13.0. The summed E-state index contributed by atoms with van der Waals surface area (Å²) in [4.78, 5) is 26.5. The molecule has 0 unspecified atom stereocenters. The number of esters is 1. The Kier molecular flexibility index (Phi) is 6.04. The summed E-state index contributed by atoms with van der Waals surface area (Å²) in [6.07, 6.45) is 0.763. The zero-order valence-corrected chi connectivity index (χ0v) is 17.5. The van der Waals surface area contributed by atoms with Crippen LogP contribution < -0.4 is 4.90 Å². The molecule has 0 radical (unpaired) electrons. The summed E-state index contributed by atoms with van der Waals surface area (Å²) >= 11 is 0. The number of para-hydroxylation sites is 1. The number of hydrogen-bond donors (Lipinski definition) is 0. The van der Waals surface area contributed by atoms with E-state index < -0.39 is 22.6 Å². The number of hydrogen-bond acceptors (Lipinski definition) is 5. The maximum absolute atomic E-state index is 12.6. The van der Waals surface area contributed by atoms with Gasteiger partial charge in [0.15, 0.2) is 6.61 Å².